The van der Waals surface area contributed by atoms with Gasteiger partial charge in [0, 0.05) is 5.54 Å². The van der Waals surface area contributed by atoms with Crippen LogP contribution in [-0.4, -0.2) is 17.6 Å². The van der Waals surface area contributed by atoms with Gasteiger partial charge in [0.2, 0.25) is 0 Å². The number of nitrogens with one attached hydrogen (secondary N) is 1. The SMILES string of the molecule is CCCCCCCCCCCCCCC(C)C(=O)OOC(=O)NC12CC3C[C@@](C)(C1)C[C@](C)(C3)C2. The van der Waals surface area contributed by atoms with Crippen molar-refractivity contribution in [1.29, 1.82) is 0 Å². The molecule has 202 valence electrons. The second kappa shape index (κ2) is 12.8. The summed E-state index contributed by atoms with van der Waals surface area (Å²) in [4.78, 5) is 34.7. The Hall–Kier alpha value is -1.26. The quantitative estimate of drug-likeness (QED) is 0.141. The third-order valence-electron chi connectivity index (χ3n) is 9.09. The second-order valence-electron chi connectivity index (χ2n) is 13.4. The van der Waals surface area contributed by atoms with Crippen LogP contribution in [0.5, 0.6) is 0 Å². The molecule has 4 bridgehead atoms. The molecule has 0 heterocycles. The van der Waals surface area contributed by atoms with Gasteiger partial charge in [0.25, 0.3) is 0 Å². The van der Waals surface area contributed by atoms with Crippen molar-refractivity contribution < 1.29 is 19.4 Å². The highest BCUT2D eigenvalue weighted by Gasteiger charge is 2.60. The Labute approximate surface area is 214 Å². The molecular weight excluding hydrogens is 438 g/mol. The van der Waals surface area contributed by atoms with E-state index in [1.165, 1.54) is 83.5 Å². The predicted molar refractivity (Wildman–Crippen MR) is 141 cm³/mol. The van der Waals surface area contributed by atoms with Crippen molar-refractivity contribution >= 4 is 12.1 Å². The molecule has 4 rings (SSSR count). The molecule has 0 spiro atoms. The van der Waals surface area contributed by atoms with Gasteiger partial charge in [-0.15, -0.1) is 0 Å². The lowest BCUT2D eigenvalue weighted by Gasteiger charge is -2.65. The summed E-state index contributed by atoms with van der Waals surface area (Å²) in [7, 11) is 0. The van der Waals surface area contributed by atoms with Gasteiger partial charge in [0.1, 0.15) is 0 Å². The molecular formula is C30H53NO4. The zero-order chi connectivity index (χ0) is 25.4. The van der Waals surface area contributed by atoms with E-state index in [0.29, 0.717) is 16.7 Å². The molecule has 0 radical (unpaired) electrons. The Morgan fingerprint density at radius 1 is 0.771 bits per heavy atom. The standard InChI is InChI=1S/C30H53NO4/c1-5-6-7-8-9-10-11-12-13-14-15-16-17-24(2)26(32)34-35-27(33)31-30-20-25-18-28(3,22-30)21-29(4,19-25)23-30/h24-25H,5-23H2,1-4H3,(H,31,33)/t24?,25?,28-,29+,30?. The van der Waals surface area contributed by atoms with Crippen molar-refractivity contribution in [2.24, 2.45) is 22.7 Å². The fraction of sp³-hybridized carbons (Fsp3) is 0.933. The lowest BCUT2D eigenvalue weighted by atomic mass is 9.43. The Balaban J connectivity index is 1.22. The van der Waals surface area contributed by atoms with E-state index in [9.17, 15) is 9.59 Å². The predicted octanol–water partition coefficient (Wildman–Crippen LogP) is 8.65. The lowest BCUT2D eigenvalue weighted by molar-refractivity contribution is -0.238. The summed E-state index contributed by atoms with van der Waals surface area (Å²) < 4.78 is 0. The summed E-state index contributed by atoms with van der Waals surface area (Å²) in [6, 6.07) is 0. The summed E-state index contributed by atoms with van der Waals surface area (Å²) in [5, 5.41) is 3.12. The molecule has 0 aromatic heterocycles. The fourth-order valence-electron chi connectivity index (χ4n) is 8.39. The fourth-order valence-corrected chi connectivity index (χ4v) is 8.39. The highest BCUT2D eigenvalue weighted by Crippen LogP contribution is 2.66. The number of hydrogen-bond acceptors (Lipinski definition) is 4. The van der Waals surface area contributed by atoms with E-state index in [4.69, 9.17) is 9.78 Å². The highest BCUT2D eigenvalue weighted by atomic mass is 17.2. The molecule has 5 heteroatoms. The van der Waals surface area contributed by atoms with Crippen molar-refractivity contribution in [3.05, 3.63) is 0 Å². The minimum Gasteiger partial charge on any atom is -0.313 e. The molecule has 4 fully saturated rings. The minimum absolute atomic E-state index is 0.201. The van der Waals surface area contributed by atoms with Gasteiger partial charge in [-0.2, -0.15) is 0 Å². The first-order valence-corrected chi connectivity index (χ1v) is 14.9. The summed E-state index contributed by atoms with van der Waals surface area (Å²) >= 11 is 0. The topological polar surface area (TPSA) is 64.6 Å². The zero-order valence-corrected chi connectivity index (χ0v) is 23.2. The molecule has 0 aromatic carbocycles. The number of rotatable bonds is 15. The van der Waals surface area contributed by atoms with Gasteiger partial charge >= 0.3 is 12.1 Å². The van der Waals surface area contributed by atoms with E-state index >= 15 is 0 Å². The number of amides is 1. The summed E-state index contributed by atoms with van der Waals surface area (Å²) in [5.74, 6) is -0.00405. The van der Waals surface area contributed by atoms with Crippen LogP contribution in [0.15, 0.2) is 0 Å². The Kier molecular flexibility index (Phi) is 10.4. The average Bonchev–Trinajstić information content (AvgIpc) is 2.75. The monoisotopic (exact) mass is 491 g/mol. The molecule has 1 N–H and O–H groups in total. The first-order chi connectivity index (χ1) is 16.7. The normalized spacial score (nSPS) is 31.8. The highest BCUT2D eigenvalue weighted by molar-refractivity contribution is 5.74. The molecule has 3 unspecified atom stereocenters. The van der Waals surface area contributed by atoms with Crippen LogP contribution in [0, 0.1) is 22.7 Å². The molecule has 4 aliphatic rings. The number of carbonyl (C=O) groups is 2. The van der Waals surface area contributed by atoms with Gasteiger partial charge in [-0.1, -0.05) is 105 Å². The molecule has 5 nitrogen and oxygen atoms in total. The largest absolute Gasteiger partial charge is 0.450 e. The molecule has 0 saturated heterocycles. The van der Waals surface area contributed by atoms with Crippen LogP contribution in [0.3, 0.4) is 0 Å². The zero-order valence-electron chi connectivity index (χ0n) is 23.2. The molecule has 0 aliphatic heterocycles. The van der Waals surface area contributed by atoms with E-state index in [1.807, 2.05) is 6.92 Å². The van der Waals surface area contributed by atoms with Crippen LogP contribution in [0.25, 0.3) is 0 Å². The van der Waals surface area contributed by atoms with Crippen LogP contribution >= 0.6 is 0 Å². The Morgan fingerprint density at radius 3 is 1.80 bits per heavy atom. The van der Waals surface area contributed by atoms with E-state index in [1.54, 1.807) is 0 Å². The van der Waals surface area contributed by atoms with E-state index in [0.717, 1.165) is 38.5 Å². The maximum atomic E-state index is 12.5. The first-order valence-electron chi connectivity index (χ1n) is 14.9. The molecule has 4 saturated carbocycles. The lowest BCUT2D eigenvalue weighted by Crippen LogP contribution is -2.65. The average molecular weight is 492 g/mol. The maximum absolute atomic E-state index is 12.5. The third kappa shape index (κ3) is 8.67. The smallest absolute Gasteiger partial charge is 0.313 e. The van der Waals surface area contributed by atoms with E-state index < -0.39 is 12.1 Å². The third-order valence-corrected chi connectivity index (χ3v) is 9.09. The number of carbonyl (C=O) groups excluding carboxylic acids is 2. The Bertz CT molecular complexity index is 674. The van der Waals surface area contributed by atoms with Crippen LogP contribution in [0.4, 0.5) is 4.79 Å². The number of unbranched alkanes of at least 4 members (excludes halogenated alkanes) is 11. The van der Waals surface area contributed by atoms with Crippen molar-refractivity contribution in [2.75, 3.05) is 0 Å². The molecule has 0 aromatic rings. The molecule has 4 aliphatic carbocycles. The van der Waals surface area contributed by atoms with Gasteiger partial charge in [-0.3, -0.25) is 0 Å². The summed E-state index contributed by atoms with van der Waals surface area (Å²) in [6.45, 7) is 8.87. The van der Waals surface area contributed by atoms with Crippen molar-refractivity contribution in [3.63, 3.8) is 0 Å². The molecule has 1 amide bonds. The van der Waals surface area contributed by atoms with E-state index in [2.05, 4.69) is 26.1 Å². The van der Waals surface area contributed by atoms with Gasteiger partial charge in [0.05, 0.1) is 5.92 Å². The minimum atomic E-state index is -0.606. The van der Waals surface area contributed by atoms with Crippen molar-refractivity contribution in [2.45, 2.75) is 155 Å². The van der Waals surface area contributed by atoms with E-state index in [-0.39, 0.29) is 11.5 Å². The Morgan fingerprint density at radius 2 is 1.29 bits per heavy atom. The molecule has 35 heavy (non-hydrogen) atoms. The number of hydrogen-bond donors (Lipinski definition) is 1. The van der Waals surface area contributed by atoms with Crippen LogP contribution in [0.2, 0.25) is 0 Å². The van der Waals surface area contributed by atoms with Crippen molar-refractivity contribution in [3.8, 4) is 0 Å². The molecule has 5 atom stereocenters. The van der Waals surface area contributed by atoms with Crippen molar-refractivity contribution in [1.82, 2.24) is 5.32 Å². The van der Waals surface area contributed by atoms with Crippen LogP contribution in [-0.2, 0) is 14.6 Å². The summed E-state index contributed by atoms with van der Waals surface area (Å²) in [6.07, 6.45) is 22.6. The maximum Gasteiger partial charge on any atom is 0.450 e. The van der Waals surface area contributed by atoms with Crippen LogP contribution < -0.4 is 5.32 Å². The van der Waals surface area contributed by atoms with Gasteiger partial charge < -0.3 is 5.32 Å². The summed E-state index contributed by atoms with van der Waals surface area (Å²) in [5.41, 5.74) is 0.412. The van der Waals surface area contributed by atoms with Gasteiger partial charge in [0.15, 0.2) is 0 Å². The first kappa shape index (κ1) is 28.3. The van der Waals surface area contributed by atoms with Crippen LogP contribution in [0.1, 0.15) is 150 Å². The van der Waals surface area contributed by atoms with Gasteiger partial charge in [-0.25, -0.2) is 19.4 Å². The van der Waals surface area contributed by atoms with Gasteiger partial charge in [-0.05, 0) is 61.7 Å². The second-order valence-corrected chi connectivity index (χ2v) is 13.4.